The highest BCUT2D eigenvalue weighted by molar-refractivity contribution is 5.78. The second-order valence-corrected chi connectivity index (χ2v) is 7.62. The Morgan fingerprint density at radius 3 is 2.62 bits per heavy atom. The van der Waals surface area contributed by atoms with Crippen molar-refractivity contribution in [2.75, 3.05) is 45.9 Å². The fraction of sp³-hybridized carbons (Fsp3) is 0.667. The standard InChI is InChI=1S/C21H32FN3O/c22-11-12-23-21(26)19-7-4-13-25(17-19)20-9-15-24(16-10-20)14-8-18-5-2-1-3-6-18/h1-3,5-6,19-20H,4,7-17H2,(H,23,26). The molecule has 0 aliphatic carbocycles. The van der Waals surface area contributed by atoms with Crippen LogP contribution in [0.25, 0.3) is 0 Å². The van der Waals surface area contributed by atoms with Crippen molar-refractivity contribution in [3.05, 3.63) is 35.9 Å². The molecule has 4 nitrogen and oxygen atoms in total. The number of nitrogens with zero attached hydrogens (tertiary/aromatic N) is 2. The number of piperidine rings is 2. The van der Waals surface area contributed by atoms with E-state index < -0.39 is 6.67 Å². The minimum Gasteiger partial charge on any atom is -0.353 e. The van der Waals surface area contributed by atoms with Gasteiger partial charge in [-0.15, -0.1) is 0 Å². The molecule has 1 amide bonds. The van der Waals surface area contributed by atoms with Crippen molar-refractivity contribution in [1.29, 1.82) is 0 Å². The summed E-state index contributed by atoms with van der Waals surface area (Å²) in [5.41, 5.74) is 1.41. The van der Waals surface area contributed by atoms with Gasteiger partial charge in [-0.25, -0.2) is 4.39 Å². The van der Waals surface area contributed by atoms with E-state index in [1.807, 2.05) is 0 Å². The largest absolute Gasteiger partial charge is 0.353 e. The maximum atomic E-state index is 12.3. The maximum absolute atomic E-state index is 12.3. The molecule has 0 spiro atoms. The number of amides is 1. The molecular weight excluding hydrogens is 329 g/mol. The Morgan fingerprint density at radius 1 is 1.12 bits per heavy atom. The van der Waals surface area contributed by atoms with E-state index in [1.165, 1.54) is 18.4 Å². The average molecular weight is 362 g/mol. The summed E-state index contributed by atoms with van der Waals surface area (Å²) in [6.07, 6.45) is 5.50. The zero-order valence-corrected chi connectivity index (χ0v) is 15.7. The van der Waals surface area contributed by atoms with Crippen LogP contribution in [0, 0.1) is 5.92 Å². The van der Waals surface area contributed by atoms with Crippen molar-refractivity contribution in [1.82, 2.24) is 15.1 Å². The van der Waals surface area contributed by atoms with Crippen molar-refractivity contribution in [2.45, 2.75) is 38.1 Å². The van der Waals surface area contributed by atoms with Crippen LogP contribution in [0.2, 0.25) is 0 Å². The van der Waals surface area contributed by atoms with E-state index in [1.54, 1.807) is 0 Å². The third-order valence-electron chi connectivity index (χ3n) is 5.85. The molecule has 2 aliphatic heterocycles. The lowest BCUT2D eigenvalue weighted by Crippen LogP contribution is -2.51. The number of rotatable bonds is 7. The Labute approximate surface area is 156 Å². The van der Waals surface area contributed by atoms with Crippen LogP contribution >= 0.6 is 0 Å². The van der Waals surface area contributed by atoms with E-state index in [4.69, 9.17) is 0 Å². The summed E-state index contributed by atoms with van der Waals surface area (Å²) in [4.78, 5) is 17.2. The van der Waals surface area contributed by atoms with E-state index in [2.05, 4.69) is 45.4 Å². The first kappa shape index (κ1) is 19.3. The Bertz CT molecular complexity index is 545. The van der Waals surface area contributed by atoms with Gasteiger partial charge >= 0.3 is 0 Å². The quantitative estimate of drug-likeness (QED) is 0.810. The fourth-order valence-electron chi connectivity index (χ4n) is 4.31. The second-order valence-electron chi connectivity index (χ2n) is 7.62. The Morgan fingerprint density at radius 2 is 1.88 bits per heavy atom. The van der Waals surface area contributed by atoms with Crippen LogP contribution in [0.5, 0.6) is 0 Å². The van der Waals surface area contributed by atoms with Gasteiger partial charge in [-0.2, -0.15) is 0 Å². The molecule has 26 heavy (non-hydrogen) atoms. The number of carbonyl (C=O) groups excluding carboxylic acids is 1. The first-order valence-corrected chi connectivity index (χ1v) is 10.1. The molecule has 1 unspecified atom stereocenters. The molecule has 1 N–H and O–H groups in total. The lowest BCUT2D eigenvalue weighted by molar-refractivity contribution is -0.127. The third-order valence-corrected chi connectivity index (χ3v) is 5.85. The number of alkyl halides is 1. The van der Waals surface area contributed by atoms with Crippen LogP contribution in [-0.2, 0) is 11.2 Å². The van der Waals surface area contributed by atoms with Gasteiger partial charge in [0.2, 0.25) is 5.91 Å². The first-order chi connectivity index (χ1) is 12.8. The predicted octanol–water partition coefficient (Wildman–Crippen LogP) is 2.49. The second kappa shape index (κ2) is 10.0. The molecule has 0 saturated carbocycles. The summed E-state index contributed by atoms with van der Waals surface area (Å²) < 4.78 is 12.3. The summed E-state index contributed by atoms with van der Waals surface area (Å²) >= 11 is 0. The van der Waals surface area contributed by atoms with E-state index >= 15 is 0 Å². The molecule has 1 aromatic rings. The summed E-state index contributed by atoms with van der Waals surface area (Å²) in [6.45, 7) is 5.03. The van der Waals surface area contributed by atoms with Crippen molar-refractivity contribution in [2.24, 2.45) is 5.92 Å². The van der Waals surface area contributed by atoms with Gasteiger partial charge in [0.05, 0.1) is 5.92 Å². The predicted molar refractivity (Wildman–Crippen MR) is 103 cm³/mol. The maximum Gasteiger partial charge on any atom is 0.224 e. The normalized spacial score (nSPS) is 23.0. The number of benzene rings is 1. The number of hydrogen-bond donors (Lipinski definition) is 1. The van der Waals surface area contributed by atoms with Gasteiger partial charge < -0.3 is 10.2 Å². The molecule has 2 heterocycles. The number of hydrogen-bond acceptors (Lipinski definition) is 3. The molecule has 0 bridgehead atoms. The number of nitrogens with one attached hydrogen (secondary N) is 1. The molecule has 1 atom stereocenters. The average Bonchev–Trinajstić information content (AvgIpc) is 2.71. The van der Waals surface area contributed by atoms with Crippen LogP contribution < -0.4 is 5.32 Å². The van der Waals surface area contributed by atoms with Crippen LogP contribution in [0.15, 0.2) is 30.3 Å². The smallest absolute Gasteiger partial charge is 0.224 e. The molecular formula is C21H32FN3O. The lowest BCUT2D eigenvalue weighted by atomic mass is 9.93. The van der Waals surface area contributed by atoms with Gasteiger partial charge in [0.25, 0.3) is 0 Å². The van der Waals surface area contributed by atoms with Gasteiger partial charge in [0, 0.05) is 25.7 Å². The minimum absolute atomic E-state index is 0.0337. The third kappa shape index (κ3) is 5.52. The summed E-state index contributed by atoms with van der Waals surface area (Å²) in [5.74, 6) is 0.0686. The Hall–Kier alpha value is -1.46. The first-order valence-electron chi connectivity index (χ1n) is 10.1. The van der Waals surface area contributed by atoms with Crippen molar-refractivity contribution in [3.8, 4) is 0 Å². The van der Waals surface area contributed by atoms with E-state index in [9.17, 15) is 9.18 Å². The molecule has 2 fully saturated rings. The van der Waals surface area contributed by atoms with E-state index in [0.29, 0.717) is 6.04 Å². The molecule has 144 valence electrons. The molecule has 3 rings (SSSR count). The Kier molecular flexibility index (Phi) is 7.44. The summed E-state index contributed by atoms with van der Waals surface area (Å²) in [6, 6.07) is 11.3. The lowest BCUT2D eigenvalue weighted by Gasteiger charge is -2.42. The molecule has 0 radical (unpaired) electrons. The number of carbonyl (C=O) groups is 1. The van der Waals surface area contributed by atoms with Gasteiger partial charge in [-0.05, 0) is 57.3 Å². The zero-order chi connectivity index (χ0) is 18.2. The Balaban J connectivity index is 1.40. The van der Waals surface area contributed by atoms with Gasteiger partial charge in [-0.3, -0.25) is 9.69 Å². The highest BCUT2D eigenvalue weighted by Gasteiger charge is 2.31. The van der Waals surface area contributed by atoms with Crippen LogP contribution in [0.4, 0.5) is 4.39 Å². The molecule has 5 heteroatoms. The number of likely N-dealkylation sites (tertiary alicyclic amines) is 2. The van der Waals surface area contributed by atoms with Crippen LogP contribution in [-0.4, -0.2) is 67.7 Å². The molecule has 0 aromatic heterocycles. The zero-order valence-electron chi connectivity index (χ0n) is 15.7. The van der Waals surface area contributed by atoms with Crippen molar-refractivity contribution >= 4 is 5.91 Å². The van der Waals surface area contributed by atoms with Crippen molar-refractivity contribution < 1.29 is 9.18 Å². The van der Waals surface area contributed by atoms with Gasteiger partial charge in [0.1, 0.15) is 6.67 Å². The van der Waals surface area contributed by atoms with Crippen LogP contribution in [0.1, 0.15) is 31.2 Å². The molecule has 1 aromatic carbocycles. The van der Waals surface area contributed by atoms with E-state index in [0.717, 1.165) is 52.0 Å². The summed E-state index contributed by atoms with van der Waals surface area (Å²) in [7, 11) is 0. The monoisotopic (exact) mass is 361 g/mol. The molecule has 2 aliphatic rings. The minimum atomic E-state index is -0.483. The topological polar surface area (TPSA) is 35.6 Å². The van der Waals surface area contributed by atoms with E-state index in [-0.39, 0.29) is 18.4 Å². The fourth-order valence-corrected chi connectivity index (χ4v) is 4.31. The molecule has 2 saturated heterocycles. The highest BCUT2D eigenvalue weighted by Crippen LogP contribution is 2.24. The highest BCUT2D eigenvalue weighted by atomic mass is 19.1. The SMILES string of the molecule is O=C(NCCF)C1CCCN(C2CCN(CCc3ccccc3)CC2)C1. The van der Waals surface area contributed by atoms with Gasteiger partial charge in [-0.1, -0.05) is 30.3 Å². The summed E-state index contributed by atoms with van der Waals surface area (Å²) in [5, 5.41) is 2.72. The van der Waals surface area contributed by atoms with Crippen LogP contribution in [0.3, 0.4) is 0 Å². The van der Waals surface area contributed by atoms with Gasteiger partial charge in [0.15, 0.2) is 0 Å². The van der Waals surface area contributed by atoms with Crippen molar-refractivity contribution in [3.63, 3.8) is 0 Å². The number of halogens is 1.